The Morgan fingerprint density at radius 2 is 2.11 bits per heavy atom. The lowest BCUT2D eigenvalue weighted by Crippen LogP contribution is -2.10. The van der Waals surface area contributed by atoms with Crippen LogP contribution in [0.15, 0.2) is 0 Å². The van der Waals surface area contributed by atoms with E-state index in [9.17, 15) is 0 Å². The van der Waals surface area contributed by atoms with Gasteiger partial charge in [-0.25, -0.2) is 0 Å². The molecule has 52 valence electrons. The Balaban J connectivity index is 2.01. The third kappa shape index (κ3) is 1.02. The second-order valence-electron chi connectivity index (χ2n) is 3.59. The van der Waals surface area contributed by atoms with Crippen molar-refractivity contribution in [2.24, 2.45) is 17.8 Å². The standard InChI is InChI=1S/C8H13I/c9-5-8-4-6-1-2-7(8)3-6/h6-8H,1-5H2/t6-,7+,8?/m1/s1. The SMILES string of the molecule is ICC1C[C@@H]2CC[C@H]1C2. The zero-order valence-corrected chi connectivity index (χ0v) is 7.80. The minimum Gasteiger partial charge on any atom is -0.0861 e. The number of hydrogen-bond donors (Lipinski definition) is 0. The van der Waals surface area contributed by atoms with Gasteiger partial charge in [-0.15, -0.1) is 0 Å². The first-order valence-electron chi connectivity index (χ1n) is 3.96. The van der Waals surface area contributed by atoms with Crippen molar-refractivity contribution in [3.63, 3.8) is 0 Å². The Bertz CT molecular complexity index is 111. The molecule has 2 rings (SSSR count). The zero-order chi connectivity index (χ0) is 6.27. The van der Waals surface area contributed by atoms with Crippen LogP contribution < -0.4 is 0 Å². The van der Waals surface area contributed by atoms with Crippen LogP contribution in [0, 0.1) is 17.8 Å². The molecule has 0 aliphatic heterocycles. The van der Waals surface area contributed by atoms with Crippen LogP contribution in [-0.2, 0) is 0 Å². The maximum atomic E-state index is 2.55. The van der Waals surface area contributed by atoms with Crippen LogP contribution in [0.4, 0.5) is 0 Å². The monoisotopic (exact) mass is 236 g/mol. The highest BCUT2D eigenvalue weighted by atomic mass is 127. The Hall–Kier alpha value is 0.730. The number of fused-ring (bicyclic) bond motifs is 2. The lowest BCUT2D eigenvalue weighted by atomic mass is 9.91. The third-order valence-electron chi connectivity index (χ3n) is 3.08. The molecule has 0 aromatic heterocycles. The van der Waals surface area contributed by atoms with E-state index in [1.54, 1.807) is 25.7 Å². The fraction of sp³-hybridized carbons (Fsp3) is 1.00. The molecule has 1 heteroatoms. The van der Waals surface area contributed by atoms with E-state index in [-0.39, 0.29) is 0 Å². The van der Waals surface area contributed by atoms with Crippen molar-refractivity contribution in [1.82, 2.24) is 0 Å². The number of hydrogen-bond acceptors (Lipinski definition) is 0. The second kappa shape index (κ2) is 2.40. The van der Waals surface area contributed by atoms with Crippen LogP contribution in [0.3, 0.4) is 0 Å². The molecule has 2 saturated carbocycles. The summed E-state index contributed by atoms with van der Waals surface area (Å²) in [6, 6.07) is 0. The van der Waals surface area contributed by atoms with E-state index in [1.165, 1.54) is 4.43 Å². The molecule has 0 saturated heterocycles. The highest BCUT2D eigenvalue weighted by Crippen LogP contribution is 2.48. The number of halogens is 1. The van der Waals surface area contributed by atoms with Gasteiger partial charge in [0.25, 0.3) is 0 Å². The smallest absolute Gasteiger partial charge is 0.00264 e. The molecule has 0 heterocycles. The van der Waals surface area contributed by atoms with E-state index in [0.29, 0.717) is 0 Å². The molecule has 0 N–H and O–H groups in total. The first-order chi connectivity index (χ1) is 4.40. The Kier molecular flexibility index (Phi) is 1.72. The van der Waals surface area contributed by atoms with E-state index in [0.717, 1.165) is 17.8 Å². The maximum absolute atomic E-state index is 2.55. The molecule has 0 aromatic carbocycles. The summed E-state index contributed by atoms with van der Waals surface area (Å²) < 4.78 is 1.42. The van der Waals surface area contributed by atoms with E-state index in [4.69, 9.17) is 0 Å². The van der Waals surface area contributed by atoms with Crippen molar-refractivity contribution in [2.75, 3.05) is 4.43 Å². The van der Waals surface area contributed by atoms with Crippen molar-refractivity contribution in [3.05, 3.63) is 0 Å². The molecule has 0 radical (unpaired) electrons. The van der Waals surface area contributed by atoms with Gasteiger partial charge >= 0.3 is 0 Å². The van der Waals surface area contributed by atoms with E-state index >= 15 is 0 Å². The van der Waals surface area contributed by atoms with Crippen molar-refractivity contribution in [2.45, 2.75) is 25.7 Å². The number of alkyl halides is 1. The van der Waals surface area contributed by atoms with Crippen molar-refractivity contribution in [1.29, 1.82) is 0 Å². The predicted octanol–water partition coefficient (Wildman–Crippen LogP) is 2.86. The van der Waals surface area contributed by atoms with E-state index < -0.39 is 0 Å². The first kappa shape index (κ1) is 6.44. The van der Waals surface area contributed by atoms with Gasteiger partial charge in [0.05, 0.1) is 0 Å². The van der Waals surface area contributed by atoms with Gasteiger partial charge in [0.15, 0.2) is 0 Å². The second-order valence-corrected chi connectivity index (χ2v) is 4.47. The summed E-state index contributed by atoms with van der Waals surface area (Å²) in [6.07, 6.45) is 6.25. The molecule has 0 nitrogen and oxygen atoms in total. The minimum atomic E-state index is 1.12. The predicted molar refractivity (Wildman–Crippen MR) is 47.8 cm³/mol. The van der Waals surface area contributed by atoms with E-state index in [2.05, 4.69) is 22.6 Å². The third-order valence-corrected chi connectivity index (χ3v) is 4.21. The normalized spacial score (nSPS) is 48.3. The molecule has 0 amide bonds. The summed E-state index contributed by atoms with van der Waals surface area (Å²) in [5.74, 6) is 3.41. The topological polar surface area (TPSA) is 0 Å². The van der Waals surface area contributed by atoms with Crippen LogP contribution >= 0.6 is 22.6 Å². The first-order valence-corrected chi connectivity index (χ1v) is 5.48. The van der Waals surface area contributed by atoms with Gasteiger partial charge < -0.3 is 0 Å². The van der Waals surface area contributed by atoms with Crippen LogP contribution in [-0.4, -0.2) is 4.43 Å². The van der Waals surface area contributed by atoms with Gasteiger partial charge in [-0.3, -0.25) is 0 Å². The maximum Gasteiger partial charge on any atom is 0.00264 e. The van der Waals surface area contributed by atoms with E-state index in [1.807, 2.05) is 0 Å². The quantitative estimate of drug-likeness (QED) is 0.485. The Labute approximate surface area is 70.5 Å². The van der Waals surface area contributed by atoms with Gasteiger partial charge in [-0.05, 0) is 37.0 Å². The average Bonchev–Trinajstić information content (AvgIpc) is 2.45. The van der Waals surface area contributed by atoms with Gasteiger partial charge in [0, 0.05) is 4.43 Å². The minimum absolute atomic E-state index is 1.12. The average molecular weight is 236 g/mol. The van der Waals surface area contributed by atoms with Crippen molar-refractivity contribution in [3.8, 4) is 0 Å². The lowest BCUT2D eigenvalue weighted by Gasteiger charge is -2.18. The molecule has 2 fully saturated rings. The summed E-state index contributed by atoms with van der Waals surface area (Å²) in [6.45, 7) is 0. The molecular formula is C8H13I. The fourth-order valence-electron chi connectivity index (χ4n) is 2.57. The molecule has 0 spiro atoms. The van der Waals surface area contributed by atoms with Gasteiger partial charge in [0.1, 0.15) is 0 Å². The molecule has 2 bridgehead atoms. The molecule has 2 aliphatic carbocycles. The zero-order valence-electron chi connectivity index (χ0n) is 5.65. The number of rotatable bonds is 1. The van der Waals surface area contributed by atoms with Gasteiger partial charge in [-0.2, -0.15) is 0 Å². The van der Waals surface area contributed by atoms with Crippen LogP contribution in [0.25, 0.3) is 0 Å². The summed E-state index contributed by atoms with van der Waals surface area (Å²) in [4.78, 5) is 0. The largest absolute Gasteiger partial charge is 0.0861 e. The highest BCUT2D eigenvalue weighted by molar-refractivity contribution is 14.1. The van der Waals surface area contributed by atoms with Crippen molar-refractivity contribution >= 4 is 22.6 Å². The molecule has 0 aromatic rings. The van der Waals surface area contributed by atoms with Gasteiger partial charge in [-0.1, -0.05) is 29.0 Å². The summed E-state index contributed by atoms with van der Waals surface area (Å²) in [5.41, 5.74) is 0. The molecule has 1 unspecified atom stereocenters. The lowest BCUT2D eigenvalue weighted by molar-refractivity contribution is 0.369. The summed E-state index contributed by atoms with van der Waals surface area (Å²) in [5, 5.41) is 0. The van der Waals surface area contributed by atoms with Gasteiger partial charge in [0.2, 0.25) is 0 Å². The molecule has 9 heavy (non-hydrogen) atoms. The molecule has 3 atom stereocenters. The summed E-state index contributed by atoms with van der Waals surface area (Å²) in [7, 11) is 0. The summed E-state index contributed by atoms with van der Waals surface area (Å²) >= 11 is 2.55. The Morgan fingerprint density at radius 1 is 1.22 bits per heavy atom. The highest BCUT2D eigenvalue weighted by Gasteiger charge is 2.38. The van der Waals surface area contributed by atoms with Crippen LogP contribution in [0.1, 0.15) is 25.7 Å². The molecular weight excluding hydrogens is 223 g/mol. The van der Waals surface area contributed by atoms with Crippen LogP contribution in [0.5, 0.6) is 0 Å². The van der Waals surface area contributed by atoms with Crippen molar-refractivity contribution < 1.29 is 0 Å². The molecule has 2 aliphatic rings. The Morgan fingerprint density at radius 3 is 2.44 bits per heavy atom. The fourth-order valence-corrected chi connectivity index (χ4v) is 3.64. The van der Waals surface area contributed by atoms with Crippen LogP contribution in [0.2, 0.25) is 0 Å².